The molecule has 1 N–H and O–H groups in total. The number of para-hydroxylation sites is 1. The predicted octanol–water partition coefficient (Wildman–Crippen LogP) is 5.78. The molecule has 162 valence electrons. The molecule has 4 aromatic rings. The van der Waals surface area contributed by atoms with Gasteiger partial charge in [-0.3, -0.25) is 4.79 Å². The highest BCUT2D eigenvalue weighted by Gasteiger charge is 2.30. The van der Waals surface area contributed by atoms with Gasteiger partial charge in [-0.05, 0) is 36.8 Å². The molecule has 32 heavy (non-hydrogen) atoms. The highest BCUT2D eigenvalue weighted by Crippen LogP contribution is 2.29. The van der Waals surface area contributed by atoms with Crippen molar-refractivity contribution in [3.63, 3.8) is 0 Å². The van der Waals surface area contributed by atoms with Gasteiger partial charge in [-0.25, -0.2) is 5.43 Å². The Labute approximate surface area is 183 Å². The van der Waals surface area contributed by atoms with Crippen LogP contribution in [0.1, 0.15) is 32.7 Å². The lowest BCUT2D eigenvalue weighted by molar-refractivity contribution is -0.137. The van der Waals surface area contributed by atoms with Gasteiger partial charge in [-0.15, -0.1) is 0 Å². The van der Waals surface area contributed by atoms with Crippen molar-refractivity contribution in [3.05, 3.63) is 107 Å². The first-order valence-electron chi connectivity index (χ1n) is 9.97. The smallest absolute Gasteiger partial charge is 0.340 e. The molecule has 0 aliphatic rings. The van der Waals surface area contributed by atoms with Gasteiger partial charge in [0.2, 0.25) is 0 Å². The minimum atomic E-state index is -4.52. The fraction of sp³-hybridized carbons (Fsp3) is 0.120. The van der Waals surface area contributed by atoms with Crippen LogP contribution in [0.25, 0.3) is 10.9 Å². The van der Waals surface area contributed by atoms with Crippen LogP contribution < -0.4 is 5.43 Å². The van der Waals surface area contributed by atoms with E-state index in [1.807, 2.05) is 49.4 Å². The summed E-state index contributed by atoms with van der Waals surface area (Å²) in [7, 11) is 0. The maximum atomic E-state index is 12.9. The maximum Gasteiger partial charge on any atom is 0.416 e. The van der Waals surface area contributed by atoms with Crippen LogP contribution in [-0.2, 0) is 12.7 Å². The Morgan fingerprint density at radius 3 is 2.47 bits per heavy atom. The molecule has 0 spiro atoms. The summed E-state index contributed by atoms with van der Waals surface area (Å²) in [6.07, 6.45) is -2.98. The molecule has 0 aliphatic heterocycles. The SMILES string of the molecule is Cc1c(/C=N\NC(=O)c2cccc(C(F)(F)F)c2)c2ccccc2n1Cc1ccccc1. The second-order valence-electron chi connectivity index (χ2n) is 7.37. The fourth-order valence-corrected chi connectivity index (χ4v) is 3.65. The maximum absolute atomic E-state index is 12.9. The van der Waals surface area contributed by atoms with Crippen LogP contribution in [0, 0.1) is 6.92 Å². The molecule has 0 bridgehead atoms. The number of aromatic nitrogens is 1. The van der Waals surface area contributed by atoms with Gasteiger partial charge in [0.1, 0.15) is 0 Å². The second-order valence-corrected chi connectivity index (χ2v) is 7.37. The Balaban J connectivity index is 1.59. The zero-order valence-corrected chi connectivity index (χ0v) is 17.2. The molecule has 1 aromatic heterocycles. The Morgan fingerprint density at radius 2 is 1.72 bits per heavy atom. The number of hydrogen-bond donors (Lipinski definition) is 1. The van der Waals surface area contributed by atoms with Gasteiger partial charge in [0.15, 0.2) is 0 Å². The summed E-state index contributed by atoms with van der Waals surface area (Å²) in [6.45, 7) is 2.65. The number of benzene rings is 3. The van der Waals surface area contributed by atoms with Crippen molar-refractivity contribution in [2.75, 3.05) is 0 Å². The minimum Gasteiger partial charge on any atom is -0.340 e. The highest BCUT2D eigenvalue weighted by molar-refractivity contribution is 6.02. The Hall–Kier alpha value is -3.87. The van der Waals surface area contributed by atoms with Crippen LogP contribution in [0.2, 0.25) is 0 Å². The summed E-state index contributed by atoms with van der Waals surface area (Å²) >= 11 is 0. The van der Waals surface area contributed by atoms with Crippen LogP contribution in [-0.4, -0.2) is 16.7 Å². The molecule has 0 fully saturated rings. The summed E-state index contributed by atoms with van der Waals surface area (Å²) in [4.78, 5) is 12.3. The molecule has 1 amide bonds. The van der Waals surface area contributed by atoms with E-state index in [1.165, 1.54) is 18.3 Å². The molecule has 0 saturated carbocycles. The normalized spacial score (nSPS) is 11.9. The van der Waals surface area contributed by atoms with Crippen LogP contribution >= 0.6 is 0 Å². The number of carbonyl (C=O) groups excluding carboxylic acids is 1. The molecule has 7 heteroatoms. The fourth-order valence-electron chi connectivity index (χ4n) is 3.65. The first kappa shape index (κ1) is 21.4. The lowest BCUT2D eigenvalue weighted by atomic mass is 10.1. The number of amides is 1. The summed E-state index contributed by atoms with van der Waals surface area (Å²) in [5.74, 6) is -0.710. The summed E-state index contributed by atoms with van der Waals surface area (Å²) in [6, 6.07) is 22.2. The lowest BCUT2D eigenvalue weighted by Gasteiger charge is -2.08. The van der Waals surface area contributed by atoms with Crippen LogP contribution in [0.15, 0.2) is 84.0 Å². The second kappa shape index (κ2) is 8.70. The largest absolute Gasteiger partial charge is 0.416 e. The first-order valence-corrected chi connectivity index (χ1v) is 9.97. The Bertz CT molecular complexity index is 1290. The number of alkyl halides is 3. The van der Waals surface area contributed by atoms with Crippen molar-refractivity contribution >= 4 is 23.0 Å². The monoisotopic (exact) mass is 435 g/mol. The molecule has 0 saturated heterocycles. The minimum absolute atomic E-state index is 0.111. The van der Waals surface area contributed by atoms with E-state index in [2.05, 4.69) is 27.2 Å². The van der Waals surface area contributed by atoms with Gasteiger partial charge in [-0.2, -0.15) is 18.3 Å². The summed E-state index contributed by atoms with van der Waals surface area (Å²) in [5, 5.41) is 4.99. The van der Waals surface area contributed by atoms with Crippen LogP contribution in [0.5, 0.6) is 0 Å². The van der Waals surface area contributed by atoms with E-state index >= 15 is 0 Å². The molecular formula is C25H20F3N3O. The van der Waals surface area contributed by atoms with Crippen molar-refractivity contribution in [1.82, 2.24) is 9.99 Å². The topological polar surface area (TPSA) is 46.4 Å². The van der Waals surface area contributed by atoms with Crippen molar-refractivity contribution in [3.8, 4) is 0 Å². The molecule has 4 nitrogen and oxygen atoms in total. The average Bonchev–Trinajstić information content (AvgIpc) is 3.05. The third-order valence-corrected chi connectivity index (χ3v) is 5.28. The number of nitrogens with zero attached hydrogens (tertiary/aromatic N) is 2. The van der Waals surface area contributed by atoms with E-state index in [9.17, 15) is 18.0 Å². The standard InChI is InChI=1S/C25H20F3N3O/c1-17-22(15-29-30-24(32)19-10-7-11-20(14-19)25(26,27)28)21-12-5-6-13-23(21)31(17)16-18-8-3-2-4-9-18/h2-15H,16H2,1H3,(H,30,32)/b29-15-. The lowest BCUT2D eigenvalue weighted by Crippen LogP contribution is -2.18. The number of nitrogens with one attached hydrogen (secondary N) is 1. The Kier molecular flexibility index (Phi) is 5.81. The van der Waals surface area contributed by atoms with Crippen LogP contribution in [0.4, 0.5) is 13.2 Å². The van der Waals surface area contributed by atoms with Gasteiger partial charge >= 0.3 is 6.18 Å². The van der Waals surface area contributed by atoms with E-state index in [1.54, 1.807) is 0 Å². The van der Waals surface area contributed by atoms with Gasteiger partial charge in [0, 0.05) is 34.3 Å². The molecule has 4 rings (SSSR count). The summed E-state index contributed by atoms with van der Waals surface area (Å²) < 4.78 is 40.8. The van der Waals surface area contributed by atoms with Gasteiger partial charge < -0.3 is 4.57 Å². The number of rotatable bonds is 5. The number of hydrazone groups is 1. The van der Waals surface area contributed by atoms with Gasteiger partial charge in [-0.1, -0.05) is 54.6 Å². The third-order valence-electron chi connectivity index (χ3n) is 5.28. The third kappa shape index (κ3) is 4.42. The van der Waals surface area contributed by atoms with Crippen molar-refractivity contribution < 1.29 is 18.0 Å². The molecule has 0 unspecified atom stereocenters. The van der Waals surface area contributed by atoms with Gasteiger partial charge in [0.25, 0.3) is 5.91 Å². The van der Waals surface area contributed by atoms with Crippen molar-refractivity contribution in [1.29, 1.82) is 0 Å². The molecule has 0 atom stereocenters. The van der Waals surface area contributed by atoms with E-state index in [-0.39, 0.29) is 5.56 Å². The highest BCUT2D eigenvalue weighted by atomic mass is 19.4. The quantitative estimate of drug-likeness (QED) is 0.313. The summed E-state index contributed by atoms with van der Waals surface area (Å²) in [5.41, 5.74) is 5.32. The first-order chi connectivity index (χ1) is 15.3. The van der Waals surface area contributed by atoms with E-state index in [0.717, 1.165) is 39.9 Å². The zero-order chi connectivity index (χ0) is 22.7. The zero-order valence-electron chi connectivity index (χ0n) is 17.2. The number of carbonyl (C=O) groups is 1. The number of hydrogen-bond acceptors (Lipinski definition) is 2. The van der Waals surface area contributed by atoms with E-state index in [0.29, 0.717) is 6.54 Å². The van der Waals surface area contributed by atoms with Crippen molar-refractivity contribution in [2.45, 2.75) is 19.6 Å². The molecular weight excluding hydrogens is 415 g/mol. The van der Waals surface area contributed by atoms with Gasteiger partial charge in [0.05, 0.1) is 11.8 Å². The van der Waals surface area contributed by atoms with E-state index < -0.39 is 17.6 Å². The average molecular weight is 435 g/mol. The van der Waals surface area contributed by atoms with E-state index in [4.69, 9.17) is 0 Å². The van der Waals surface area contributed by atoms with Crippen molar-refractivity contribution in [2.24, 2.45) is 5.10 Å². The predicted molar refractivity (Wildman–Crippen MR) is 119 cm³/mol. The molecule has 0 radical (unpaired) electrons. The molecule has 0 aliphatic carbocycles. The number of fused-ring (bicyclic) bond motifs is 1. The molecule has 1 heterocycles. The molecule has 3 aromatic carbocycles. The number of halogens is 3. The Morgan fingerprint density at radius 1 is 1.00 bits per heavy atom. The van der Waals surface area contributed by atoms with Crippen LogP contribution in [0.3, 0.4) is 0 Å².